The van der Waals surface area contributed by atoms with Gasteiger partial charge in [0.2, 0.25) is 0 Å². The molecule has 0 radical (unpaired) electrons. The van der Waals surface area contributed by atoms with E-state index in [0.717, 1.165) is 4.47 Å². The van der Waals surface area contributed by atoms with E-state index in [1.165, 1.54) is 5.56 Å². The van der Waals surface area contributed by atoms with E-state index in [9.17, 15) is 0 Å². The summed E-state index contributed by atoms with van der Waals surface area (Å²) in [5.74, 6) is 0.574. The van der Waals surface area contributed by atoms with E-state index in [2.05, 4.69) is 74.0 Å². The molecule has 82 valence electrons. The molecule has 0 aliphatic rings. The molecule has 0 amide bonds. The molecule has 0 heterocycles. The van der Waals surface area contributed by atoms with Crippen molar-refractivity contribution in [1.29, 1.82) is 0 Å². The van der Waals surface area contributed by atoms with E-state index in [-0.39, 0.29) is 0 Å². The highest BCUT2D eigenvalue weighted by atomic mass is 79.9. The van der Waals surface area contributed by atoms with Crippen molar-refractivity contribution in [3.8, 4) is 0 Å². The van der Waals surface area contributed by atoms with Gasteiger partial charge in [-0.25, -0.2) is 0 Å². The topological polar surface area (TPSA) is 0 Å². The lowest BCUT2D eigenvalue weighted by Gasteiger charge is -2.24. The molecule has 15 heavy (non-hydrogen) atoms. The third-order valence-corrected chi connectivity index (χ3v) is 3.56. The summed E-state index contributed by atoms with van der Waals surface area (Å²) in [5, 5.41) is 0. The Morgan fingerprint density at radius 3 is 2.33 bits per heavy atom. The summed E-state index contributed by atoms with van der Waals surface area (Å²) < 4.78 is 1.15. The molecule has 0 saturated carbocycles. The Labute approximate surface area is 102 Å². The number of rotatable bonds is 2. The van der Waals surface area contributed by atoms with Crippen LogP contribution >= 0.6 is 15.9 Å². The van der Waals surface area contributed by atoms with Crippen LogP contribution in [0.4, 0.5) is 0 Å². The van der Waals surface area contributed by atoms with Crippen molar-refractivity contribution in [2.24, 2.45) is 11.3 Å². The highest BCUT2D eigenvalue weighted by Gasteiger charge is 2.16. The van der Waals surface area contributed by atoms with Gasteiger partial charge < -0.3 is 0 Å². The highest BCUT2D eigenvalue weighted by Crippen LogP contribution is 2.27. The lowest BCUT2D eigenvalue weighted by molar-refractivity contribution is 0.315. The average molecular weight is 267 g/mol. The molecular weight excluding hydrogens is 248 g/mol. The number of allylic oxidation sites excluding steroid dienone is 1. The van der Waals surface area contributed by atoms with Gasteiger partial charge >= 0.3 is 0 Å². The van der Waals surface area contributed by atoms with Crippen molar-refractivity contribution in [2.45, 2.75) is 27.7 Å². The van der Waals surface area contributed by atoms with Crippen molar-refractivity contribution >= 4 is 22.0 Å². The summed E-state index contributed by atoms with van der Waals surface area (Å²) in [6, 6.07) is 8.29. The Balaban J connectivity index is 2.79. The molecule has 0 aliphatic heterocycles. The van der Waals surface area contributed by atoms with E-state index in [1.54, 1.807) is 0 Å². The van der Waals surface area contributed by atoms with Gasteiger partial charge in [-0.05, 0) is 23.0 Å². The molecule has 1 rings (SSSR count). The maximum Gasteiger partial charge on any atom is 0.0247 e. The Bertz CT molecular complexity index is 345. The summed E-state index contributed by atoms with van der Waals surface area (Å²) in [7, 11) is 0. The normalized spacial score (nSPS) is 14.5. The van der Waals surface area contributed by atoms with Gasteiger partial charge in [-0.3, -0.25) is 0 Å². The monoisotopic (exact) mass is 266 g/mol. The summed E-state index contributed by atoms with van der Waals surface area (Å²) in [5.41, 5.74) is 1.58. The lowest BCUT2D eigenvalue weighted by atomic mass is 9.82. The number of hydrogen-bond donors (Lipinski definition) is 0. The Morgan fingerprint density at radius 2 is 1.80 bits per heavy atom. The molecule has 0 bridgehead atoms. The van der Waals surface area contributed by atoms with Crippen LogP contribution in [0.3, 0.4) is 0 Å². The van der Waals surface area contributed by atoms with Gasteiger partial charge in [-0.15, -0.1) is 0 Å². The van der Waals surface area contributed by atoms with E-state index >= 15 is 0 Å². The van der Waals surface area contributed by atoms with Crippen LogP contribution in [0.25, 0.3) is 6.08 Å². The second-order valence-corrected chi connectivity index (χ2v) is 5.89. The number of hydrogen-bond acceptors (Lipinski definition) is 0. The van der Waals surface area contributed by atoms with Crippen LogP contribution in [0, 0.1) is 11.3 Å². The number of halogens is 1. The van der Waals surface area contributed by atoms with Crippen LogP contribution in [0.2, 0.25) is 0 Å². The third kappa shape index (κ3) is 3.83. The first kappa shape index (κ1) is 12.5. The Kier molecular flexibility index (Phi) is 4.15. The van der Waals surface area contributed by atoms with Crippen LogP contribution in [0.5, 0.6) is 0 Å². The van der Waals surface area contributed by atoms with Crippen molar-refractivity contribution in [2.75, 3.05) is 0 Å². The molecular formula is C14H19Br. The fourth-order valence-electron chi connectivity index (χ4n) is 1.15. The second kappa shape index (κ2) is 4.98. The molecule has 1 aromatic rings. The SMILES string of the molecule is CC(/C=C/c1ccccc1Br)C(C)(C)C. The quantitative estimate of drug-likeness (QED) is 0.695. The maximum atomic E-state index is 3.55. The molecule has 0 aliphatic carbocycles. The molecule has 0 fully saturated rings. The third-order valence-electron chi connectivity index (χ3n) is 2.84. The molecule has 0 spiro atoms. The minimum atomic E-state index is 0.331. The summed E-state index contributed by atoms with van der Waals surface area (Å²) in [4.78, 5) is 0. The van der Waals surface area contributed by atoms with Crippen LogP contribution < -0.4 is 0 Å². The van der Waals surface area contributed by atoms with Crippen LogP contribution in [0.15, 0.2) is 34.8 Å². The van der Waals surface area contributed by atoms with Crippen molar-refractivity contribution in [3.05, 3.63) is 40.4 Å². The smallest absolute Gasteiger partial charge is 0.0247 e. The zero-order chi connectivity index (χ0) is 11.5. The van der Waals surface area contributed by atoms with Gasteiger partial charge in [0.25, 0.3) is 0 Å². The largest absolute Gasteiger partial charge is 0.0805 e. The summed E-state index contributed by atoms with van der Waals surface area (Å²) in [6.45, 7) is 9.06. The predicted molar refractivity (Wildman–Crippen MR) is 71.8 cm³/mol. The first-order chi connectivity index (χ1) is 6.91. The average Bonchev–Trinajstić information content (AvgIpc) is 2.14. The van der Waals surface area contributed by atoms with Gasteiger partial charge in [0.1, 0.15) is 0 Å². The Hall–Kier alpha value is -0.560. The fraction of sp³-hybridized carbons (Fsp3) is 0.429. The molecule has 1 atom stereocenters. The van der Waals surface area contributed by atoms with Crippen molar-refractivity contribution in [3.63, 3.8) is 0 Å². The molecule has 0 N–H and O–H groups in total. The van der Waals surface area contributed by atoms with E-state index < -0.39 is 0 Å². The maximum absolute atomic E-state index is 3.55. The second-order valence-electron chi connectivity index (χ2n) is 5.04. The minimum Gasteiger partial charge on any atom is -0.0805 e. The van der Waals surface area contributed by atoms with E-state index in [1.807, 2.05) is 6.07 Å². The van der Waals surface area contributed by atoms with Crippen LogP contribution in [0.1, 0.15) is 33.3 Å². The van der Waals surface area contributed by atoms with Crippen molar-refractivity contribution in [1.82, 2.24) is 0 Å². The summed E-state index contributed by atoms with van der Waals surface area (Å²) >= 11 is 3.55. The summed E-state index contributed by atoms with van der Waals surface area (Å²) in [6.07, 6.45) is 4.47. The molecule has 1 unspecified atom stereocenters. The molecule has 1 aromatic carbocycles. The lowest BCUT2D eigenvalue weighted by Crippen LogP contribution is -2.14. The van der Waals surface area contributed by atoms with Gasteiger partial charge in [0, 0.05) is 4.47 Å². The molecule has 1 heteroatoms. The van der Waals surface area contributed by atoms with Gasteiger partial charge in [-0.1, -0.05) is 74.0 Å². The fourth-order valence-corrected chi connectivity index (χ4v) is 1.56. The minimum absolute atomic E-state index is 0.331. The first-order valence-corrected chi connectivity index (χ1v) is 6.13. The van der Waals surface area contributed by atoms with E-state index in [4.69, 9.17) is 0 Å². The zero-order valence-electron chi connectivity index (χ0n) is 9.92. The molecule has 0 nitrogen and oxygen atoms in total. The van der Waals surface area contributed by atoms with Crippen LogP contribution in [-0.4, -0.2) is 0 Å². The van der Waals surface area contributed by atoms with Gasteiger partial charge in [0.05, 0.1) is 0 Å². The predicted octanol–water partition coefficient (Wildman–Crippen LogP) is 5.14. The van der Waals surface area contributed by atoms with Crippen LogP contribution in [-0.2, 0) is 0 Å². The van der Waals surface area contributed by atoms with Gasteiger partial charge in [0.15, 0.2) is 0 Å². The van der Waals surface area contributed by atoms with Gasteiger partial charge in [-0.2, -0.15) is 0 Å². The highest BCUT2D eigenvalue weighted by molar-refractivity contribution is 9.10. The standard InChI is InChI=1S/C14H19Br/c1-11(14(2,3)4)9-10-12-7-5-6-8-13(12)15/h5-11H,1-4H3/b10-9+. The molecule has 0 saturated heterocycles. The zero-order valence-corrected chi connectivity index (χ0v) is 11.5. The number of benzene rings is 1. The van der Waals surface area contributed by atoms with E-state index in [0.29, 0.717) is 11.3 Å². The Morgan fingerprint density at radius 1 is 1.20 bits per heavy atom. The van der Waals surface area contributed by atoms with Crippen molar-refractivity contribution < 1.29 is 0 Å². The first-order valence-electron chi connectivity index (χ1n) is 5.34. The molecule has 0 aromatic heterocycles.